The first-order valence-electron chi connectivity index (χ1n) is 9.29. The number of aryl methyl sites for hydroxylation is 1. The minimum absolute atomic E-state index is 0.0512. The van der Waals surface area contributed by atoms with Crippen LogP contribution in [0.15, 0.2) is 66.7 Å². The molecule has 0 radical (unpaired) electrons. The highest BCUT2D eigenvalue weighted by Gasteiger charge is 2.15. The van der Waals surface area contributed by atoms with Gasteiger partial charge in [0.1, 0.15) is 11.6 Å². The van der Waals surface area contributed by atoms with Crippen LogP contribution in [-0.4, -0.2) is 23.0 Å². The van der Waals surface area contributed by atoms with Crippen LogP contribution in [0.3, 0.4) is 0 Å². The standard InChI is InChI=1S/C23H19ClN4O2/c1-14-7-9-15(10-8-14)25-21-17-5-3-4-6-19(17)27-22(28-21)23(29)26-16-11-12-20(30-2)18(24)13-16/h3-13H,1-2H3,(H,26,29)(H,25,27,28). The van der Waals surface area contributed by atoms with Crippen LogP contribution in [0, 0.1) is 6.92 Å². The molecule has 0 bridgehead atoms. The van der Waals surface area contributed by atoms with E-state index in [0.717, 1.165) is 16.6 Å². The number of hydrogen-bond acceptors (Lipinski definition) is 5. The van der Waals surface area contributed by atoms with Gasteiger partial charge in [0, 0.05) is 16.8 Å². The van der Waals surface area contributed by atoms with Crippen molar-refractivity contribution in [3.63, 3.8) is 0 Å². The van der Waals surface area contributed by atoms with Gasteiger partial charge >= 0.3 is 0 Å². The topological polar surface area (TPSA) is 76.1 Å². The molecule has 3 aromatic carbocycles. The van der Waals surface area contributed by atoms with Gasteiger partial charge in [-0.25, -0.2) is 9.97 Å². The molecule has 0 aliphatic rings. The fourth-order valence-corrected chi connectivity index (χ4v) is 3.24. The van der Waals surface area contributed by atoms with Crippen molar-refractivity contribution in [3.05, 3.63) is 83.1 Å². The third-order valence-corrected chi connectivity index (χ3v) is 4.83. The van der Waals surface area contributed by atoms with Crippen LogP contribution in [0.5, 0.6) is 5.75 Å². The summed E-state index contributed by atoms with van der Waals surface area (Å²) in [5.74, 6) is 0.702. The number of amides is 1. The minimum atomic E-state index is -0.436. The quantitative estimate of drug-likeness (QED) is 0.441. The van der Waals surface area contributed by atoms with Gasteiger partial charge in [-0.2, -0.15) is 0 Å². The molecule has 0 aliphatic carbocycles. The number of fused-ring (bicyclic) bond motifs is 1. The molecule has 2 N–H and O–H groups in total. The van der Waals surface area contributed by atoms with E-state index < -0.39 is 5.91 Å². The van der Waals surface area contributed by atoms with Crippen LogP contribution >= 0.6 is 11.6 Å². The zero-order valence-electron chi connectivity index (χ0n) is 16.4. The average molecular weight is 419 g/mol. The van der Waals surface area contributed by atoms with Crippen molar-refractivity contribution in [2.45, 2.75) is 6.92 Å². The van der Waals surface area contributed by atoms with Crippen LogP contribution in [0.4, 0.5) is 17.2 Å². The Morgan fingerprint density at radius 3 is 2.43 bits per heavy atom. The van der Waals surface area contributed by atoms with E-state index in [-0.39, 0.29) is 5.82 Å². The first-order valence-corrected chi connectivity index (χ1v) is 9.66. The maximum atomic E-state index is 12.8. The molecule has 1 aromatic heterocycles. The SMILES string of the molecule is COc1ccc(NC(=O)c2nc(Nc3ccc(C)cc3)c3ccccc3n2)cc1Cl. The van der Waals surface area contributed by atoms with Gasteiger partial charge in [-0.15, -0.1) is 0 Å². The van der Waals surface area contributed by atoms with Crippen molar-refractivity contribution in [2.75, 3.05) is 17.7 Å². The molecule has 0 spiro atoms. The number of nitrogens with zero attached hydrogens (tertiary/aromatic N) is 2. The molecular weight excluding hydrogens is 400 g/mol. The molecule has 4 rings (SSSR count). The Labute approximate surface area is 178 Å². The summed E-state index contributed by atoms with van der Waals surface area (Å²) < 4.78 is 5.14. The number of rotatable bonds is 5. The van der Waals surface area contributed by atoms with Gasteiger partial charge in [-0.05, 0) is 49.4 Å². The average Bonchev–Trinajstić information content (AvgIpc) is 2.75. The number of ether oxygens (including phenoxy) is 1. The van der Waals surface area contributed by atoms with Crippen molar-refractivity contribution in [1.29, 1.82) is 0 Å². The lowest BCUT2D eigenvalue weighted by molar-refractivity contribution is 0.101. The van der Waals surface area contributed by atoms with Gasteiger partial charge in [0.2, 0.25) is 5.82 Å². The highest BCUT2D eigenvalue weighted by Crippen LogP contribution is 2.28. The smallest absolute Gasteiger partial charge is 0.293 e. The second kappa shape index (κ2) is 8.39. The van der Waals surface area contributed by atoms with E-state index in [4.69, 9.17) is 16.3 Å². The zero-order chi connectivity index (χ0) is 21.1. The summed E-state index contributed by atoms with van der Waals surface area (Å²) in [6.07, 6.45) is 0. The number of aromatic nitrogens is 2. The molecule has 0 saturated carbocycles. The van der Waals surface area contributed by atoms with Crippen LogP contribution in [0.1, 0.15) is 16.2 Å². The lowest BCUT2D eigenvalue weighted by Crippen LogP contribution is -2.16. The Morgan fingerprint density at radius 1 is 0.967 bits per heavy atom. The van der Waals surface area contributed by atoms with Gasteiger partial charge in [-0.3, -0.25) is 4.79 Å². The van der Waals surface area contributed by atoms with Crippen LogP contribution in [-0.2, 0) is 0 Å². The Hall–Kier alpha value is -3.64. The maximum Gasteiger partial charge on any atom is 0.293 e. The molecule has 1 amide bonds. The molecular formula is C23H19ClN4O2. The minimum Gasteiger partial charge on any atom is -0.495 e. The number of hydrogen-bond donors (Lipinski definition) is 2. The number of benzene rings is 3. The summed E-state index contributed by atoms with van der Waals surface area (Å²) in [7, 11) is 1.53. The third kappa shape index (κ3) is 4.18. The molecule has 1 heterocycles. The van der Waals surface area contributed by atoms with Gasteiger partial charge in [0.15, 0.2) is 0 Å². The normalized spacial score (nSPS) is 10.6. The third-order valence-electron chi connectivity index (χ3n) is 4.53. The number of carbonyl (C=O) groups excluding carboxylic acids is 1. The highest BCUT2D eigenvalue weighted by molar-refractivity contribution is 6.32. The summed E-state index contributed by atoms with van der Waals surface area (Å²) in [5.41, 5.74) is 3.22. The monoisotopic (exact) mass is 418 g/mol. The van der Waals surface area contributed by atoms with E-state index in [1.54, 1.807) is 18.2 Å². The lowest BCUT2D eigenvalue weighted by atomic mass is 10.2. The lowest BCUT2D eigenvalue weighted by Gasteiger charge is -2.12. The second-order valence-electron chi connectivity index (χ2n) is 6.71. The Bertz CT molecular complexity index is 1230. The van der Waals surface area contributed by atoms with Gasteiger partial charge in [0.25, 0.3) is 5.91 Å². The van der Waals surface area contributed by atoms with E-state index in [1.807, 2.05) is 55.5 Å². The molecule has 150 valence electrons. The largest absolute Gasteiger partial charge is 0.495 e. The summed E-state index contributed by atoms with van der Waals surface area (Å²) in [5, 5.41) is 7.29. The van der Waals surface area contributed by atoms with Crippen LogP contribution in [0.25, 0.3) is 10.9 Å². The summed E-state index contributed by atoms with van der Waals surface area (Å²) in [6.45, 7) is 2.03. The Kier molecular flexibility index (Phi) is 5.50. The predicted molar refractivity (Wildman–Crippen MR) is 120 cm³/mol. The Morgan fingerprint density at radius 2 is 1.70 bits per heavy atom. The number of methoxy groups -OCH3 is 1. The van der Waals surface area contributed by atoms with Crippen LogP contribution in [0.2, 0.25) is 5.02 Å². The van der Waals surface area contributed by atoms with Gasteiger partial charge in [-0.1, -0.05) is 41.4 Å². The van der Waals surface area contributed by atoms with Crippen molar-refractivity contribution in [2.24, 2.45) is 0 Å². The Balaban J connectivity index is 1.67. The van der Waals surface area contributed by atoms with Crippen LogP contribution < -0.4 is 15.4 Å². The molecule has 4 aromatic rings. The number of para-hydroxylation sites is 1. The maximum absolute atomic E-state index is 12.8. The first kappa shape index (κ1) is 19.7. The van der Waals surface area contributed by atoms with E-state index in [1.165, 1.54) is 7.11 Å². The molecule has 7 heteroatoms. The summed E-state index contributed by atoms with van der Waals surface area (Å²) in [6, 6.07) is 20.5. The number of nitrogens with one attached hydrogen (secondary N) is 2. The van der Waals surface area contributed by atoms with Crippen molar-refractivity contribution in [3.8, 4) is 5.75 Å². The summed E-state index contributed by atoms with van der Waals surface area (Å²) in [4.78, 5) is 21.7. The summed E-state index contributed by atoms with van der Waals surface area (Å²) >= 11 is 6.15. The van der Waals surface area contributed by atoms with E-state index >= 15 is 0 Å². The number of anilines is 3. The molecule has 0 saturated heterocycles. The molecule has 6 nitrogen and oxygen atoms in total. The van der Waals surface area contributed by atoms with Gasteiger partial charge < -0.3 is 15.4 Å². The van der Waals surface area contributed by atoms with Crippen molar-refractivity contribution in [1.82, 2.24) is 9.97 Å². The van der Waals surface area contributed by atoms with E-state index in [0.29, 0.717) is 27.8 Å². The molecule has 0 aliphatic heterocycles. The number of carbonyl (C=O) groups is 1. The zero-order valence-corrected chi connectivity index (χ0v) is 17.2. The molecule has 0 fully saturated rings. The second-order valence-corrected chi connectivity index (χ2v) is 7.11. The van der Waals surface area contributed by atoms with Crippen molar-refractivity contribution < 1.29 is 9.53 Å². The predicted octanol–water partition coefficient (Wildman–Crippen LogP) is 5.60. The molecule has 0 atom stereocenters. The molecule has 0 unspecified atom stereocenters. The fraction of sp³-hybridized carbons (Fsp3) is 0.0870. The first-order chi connectivity index (χ1) is 14.5. The molecule has 30 heavy (non-hydrogen) atoms. The number of halogens is 1. The highest BCUT2D eigenvalue weighted by atomic mass is 35.5. The fourth-order valence-electron chi connectivity index (χ4n) is 2.98. The van der Waals surface area contributed by atoms with Crippen molar-refractivity contribution >= 4 is 45.6 Å². The van der Waals surface area contributed by atoms with E-state index in [9.17, 15) is 4.79 Å². The van der Waals surface area contributed by atoms with E-state index in [2.05, 4.69) is 20.6 Å². The van der Waals surface area contributed by atoms with Gasteiger partial charge in [0.05, 0.1) is 17.6 Å².